The van der Waals surface area contributed by atoms with Gasteiger partial charge in [-0.2, -0.15) is 0 Å². The Hall–Kier alpha value is -2.15. The van der Waals surface area contributed by atoms with Gasteiger partial charge >= 0.3 is 0 Å². The van der Waals surface area contributed by atoms with Crippen molar-refractivity contribution in [3.63, 3.8) is 0 Å². The molecule has 0 aliphatic carbocycles. The van der Waals surface area contributed by atoms with Gasteiger partial charge in [-0.3, -0.25) is 4.79 Å². The van der Waals surface area contributed by atoms with Gasteiger partial charge < -0.3 is 15.0 Å². The maximum absolute atomic E-state index is 12.5. The number of aromatic nitrogens is 2. The number of amides is 1. The summed E-state index contributed by atoms with van der Waals surface area (Å²) in [4.78, 5) is 23.4. The summed E-state index contributed by atoms with van der Waals surface area (Å²) in [5.74, 6) is 1.39. The highest BCUT2D eigenvalue weighted by molar-refractivity contribution is 9.10. The summed E-state index contributed by atoms with van der Waals surface area (Å²) in [5, 5.41) is 3.00. The third-order valence-electron chi connectivity index (χ3n) is 4.27. The van der Waals surface area contributed by atoms with Crippen LogP contribution in [-0.4, -0.2) is 35.1 Å². The van der Waals surface area contributed by atoms with Crippen molar-refractivity contribution in [3.8, 4) is 5.88 Å². The van der Waals surface area contributed by atoms with Gasteiger partial charge in [-0.1, -0.05) is 15.9 Å². The molecule has 1 aliphatic rings. The Balaban J connectivity index is 1.59. The second kappa shape index (κ2) is 8.49. The number of hydrogen-bond donors (Lipinski definition) is 1. The third-order valence-corrected chi connectivity index (χ3v) is 4.80. The van der Waals surface area contributed by atoms with E-state index in [1.54, 1.807) is 12.4 Å². The molecular formula is C19H23BrN4O2. The fourth-order valence-corrected chi connectivity index (χ4v) is 3.24. The monoisotopic (exact) mass is 418 g/mol. The van der Waals surface area contributed by atoms with Crippen molar-refractivity contribution < 1.29 is 9.53 Å². The fraction of sp³-hybridized carbons (Fsp3) is 0.421. The number of hydrogen-bond acceptors (Lipinski definition) is 5. The quantitative estimate of drug-likeness (QED) is 0.797. The highest BCUT2D eigenvalue weighted by Crippen LogP contribution is 2.29. The first-order valence-electron chi connectivity index (χ1n) is 8.82. The van der Waals surface area contributed by atoms with E-state index in [9.17, 15) is 4.79 Å². The number of ether oxygens (including phenoxy) is 1. The van der Waals surface area contributed by atoms with E-state index in [4.69, 9.17) is 4.74 Å². The molecule has 0 atom stereocenters. The van der Waals surface area contributed by atoms with Gasteiger partial charge in [0.2, 0.25) is 5.91 Å². The first-order chi connectivity index (χ1) is 12.5. The molecule has 1 amide bonds. The lowest BCUT2D eigenvalue weighted by molar-refractivity contribution is -0.120. The van der Waals surface area contributed by atoms with Gasteiger partial charge in [-0.25, -0.2) is 9.97 Å². The molecule has 0 radical (unpaired) electrons. The molecule has 1 saturated heterocycles. The van der Waals surface area contributed by atoms with E-state index in [0.29, 0.717) is 5.88 Å². The van der Waals surface area contributed by atoms with E-state index in [2.05, 4.69) is 36.1 Å². The molecule has 1 aromatic carbocycles. The lowest BCUT2D eigenvalue weighted by Crippen LogP contribution is -2.39. The normalized spacial score (nSPS) is 15.2. The van der Waals surface area contributed by atoms with Crippen molar-refractivity contribution in [1.29, 1.82) is 0 Å². The maximum Gasteiger partial charge on any atom is 0.257 e. The zero-order chi connectivity index (χ0) is 18.5. The minimum absolute atomic E-state index is 0.000959. The van der Waals surface area contributed by atoms with Crippen LogP contribution in [-0.2, 0) is 4.79 Å². The molecule has 0 unspecified atom stereocenters. The highest BCUT2D eigenvalue weighted by atomic mass is 79.9. The average molecular weight is 419 g/mol. The van der Waals surface area contributed by atoms with E-state index in [1.807, 2.05) is 38.1 Å². The number of carbonyl (C=O) groups excluding carboxylic acids is 1. The molecule has 1 N–H and O–H groups in total. The summed E-state index contributed by atoms with van der Waals surface area (Å²) in [6.45, 7) is 5.45. The summed E-state index contributed by atoms with van der Waals surface area (Å²) < 4.78 is 6.76. The van der Waals surface area contributed by atoms with Gasteiger partial charge in [-0.05, 0) is 51.0 Å². The molecule has 2 aromatic rings. The Kier molecular flexibility index (Phi) is 6.08. The van der Waals surface area contributed by atoms with Crippen LogP contribution in [0.15, 0.2) is 41.1 Å². The van der Waals surface area contributed by atoms with Crippen molar-refractivity contribution in [2.75, 3.05) is 23.3 Å². The molecule has 1 fully saturated rings. The molecule has 138 valence electrons. The standard InChI is InChI=1S/C19H23BrN4O2/c1-13(2)26-19-17(21-9-10-22-19)24-11-7-14(8-12-24)18(25)23-16-5-3-15(20)4-6-16/h3-6,9-10,13-14H,7-8,11-12H2,1-2H3,(H,23,25). The zero-order valence-electron chi connectivity index (χ0n) is 15.0. The van der Waals surface area contributed by atoms with Gasteiger partial charge in [0, 0.05) is 41.6 Å². The molecule has 6 nitrogen and oxygen atoms in total. The van der Waals surface area contributed by atoms with E-state index >= 15 is 0 Å². The van der Waals surface area contributed by atoms with Crippen LogP contribution in [0.2, 0.25) is 0 Å². The van der Waals surface area contributed by atoms with E-state index in [0.717, 1.165) is 41.9 Å². The van der Waals surface area contributed by atoms with E-state index in [1.165, 1.54) is 0 Å². The van der Waals surface area contributed by atoms with Crippen molar-refractivity contribution in [1.82, 2.24) is 9.97 Å². The minimum Gasteiger partial charge on any atom is -0.472 e. The number of anilines is 2. The van der Waals surface area contributed by atoms with Crippen molar-refractivity contribution in [3.05, 3.63) is 41.1 Å². The van der Waals surface area contributed by atoms with Crippen molar-refractivity contribution in [2.24, 2.45) is 5.92 Å². The predicted octanol–water partition coefficient (Wildman–Crippen LogP) is 3.88. The average Bonchev–Trinajstić information content (AvgIpc) is 2.64. The summed E-state index contributed by atoms with van der Waals surface area (Å²) in [7, 11) is 0. The fourth-order valence-electron chi connectivity index (χ4n) is 2.97. The number of carbonyl (C=O) groups is 1. The van der Waals surface area contributed by atoms with Crippen LogP contribution in [0.3, 0.4) is 0 Å². The minimum atomic E-state index is 0.000959. The Morgan fingerprint density at radius 2 is 1.85 bits per heavy atom. The third kappa shape index (κ3) is 4.72. The van der Waals surface area contributed by atoms with Crippen LogP contribution in [0.25, 0.3) is 0 Å². The lowest BCUT2D eigenvalue weighted by atomic mass is 9.96. The van der Waals surface area contributed by atoms with Gasteiger partial charge in [0.1, 0.15) is 0 Å². The largest absolute Gasteiger partial charge is 0.472 e. The summed E-state index contributed by atoms with van der Waals surface area (Å²) in [6, 6.07) is 7.63. The first kappa shape index (κ1) is 18.6. The van der Waals surface area contributed by atoms with Gasteiger partial charge in [0.15, 0.2) is 5.82 Å². The first-order valence-corrected chi connectivity index (χ1v) is 9.61. The smallest absolute Gasteiger partial charge is 0.257 e. The number of nitrogens with one attached hydrogen (secondary N) is 1. The Bertz CT molecular complexity index is 743. The van der Waals surface area contributed by atoms with E-state index < -0.39 is 0 Å². The van der Waals surface area contributed by atoms with Gasteiger partial charge in [0.25, 0.3) is 5.88 Å². The molecule has 1 aliphatic heterocycles. The van der Waals surface area contributed by atoms with E-state index in [-0.39, 0.29) is 17.9 Å². The Labute approximate surface area is 162 Å². The van der Waals surface area contributed by atoms with Crippen LogP contribution in [0.5, 0.6) is 5.88 Å². The second-order valence-corrected chi connectivity index (χ2v) is 7.52. The summed E-state index contributed by atoms with van der Waals surface area (Å²) in [6.07, 6.45) is 4.91. The van der Waals surface area contributed by atoms with Crippen LogP contribution in [0, 0.1) is 5.92 Å². The van der Waals surface area contributed by atoms with Gasteiger partial charge in [-0.15, -0.1) is 0 Å². The highest BCUT2D eigenvalue weighted by Gasteiger charge is 2.27. The number of benzene rings is 1. The van der Waals surface area contributed by atoms with Gasteiger partial charge in [0.05, 0.1) is 6.10 Å². The van der Waals surface area contributed by atoms with Crippen LogP contribution < -0.4 is 15.0 Å². The topological polar surface area (TPSA) is 67.4 Å². The zero-order valence-corrected chi connectivity index (χ0v) is 16.6. The van der Waals surface area contributed by atoms with Crippen LogP contribution in [0.4, 0.5) is 11.5 Å². The molecule has 0 bridgehead atoms. The van der Waals surface area contributed by atoms with Crippen LogP contribution in [0.1, 0.15) is 26.7 Å². The Morgan fingerprint density at radius 1 is 1.19 bits per heavy atom. The number of halogens is 1. The second-order valence-electron chi connectivity index (χ2n) is 6.61. The molecule has 3 rings (SSSR count). The lowest BCUT2D eigenvalue weighted by Gasteiger charge is -2.32. The number of piperidine rings is 1. The summed E-state index contributed by atoms with van der Waals surface area (Å²) >= 11 is 3.40. The molecule has 0 saturated carbocycles. The van der Waals surface area contributed by atoms with Crippen molar-refractivity contribution >= 4 is 33.3 Å². The van der Waals surface area contributed by atoms with Crippen LogP contribution >= 0.6 is 15.9 Å². The molecule has 2 heterocycles. The molecule has 1 aromatic heterocycles. The molecule has 7 heteroatoms. The Morgan fingerprint density at radius 3 is 2.50 bits per heavy atom. The predicted molar refractivity (Wildman–Crippen MR) is 106 cm³/mol. The maximum atomic E-state index is 12.5. The number of nitrogens with zero attached hydrogens (tertiary/aromatic N) is 3. The molecule has 0 spiro atoms. The number of rotatable bonds is 5. The van der Waals surface area contributed by atoms with Crippen molar-refractivity contribution in [2.45, 2.75) is 32.8 Å². The molecular weight excluding hydrogens is 396 g/mol. The summed E-state index contributed by atoms with van der Waals surface area (Å²) in [5.41, 5.74) is 0.821. The molecule has 26 heavy (non-hydrogen) atoms. The SMILES string of the molecule is CC(C)Oc1nccnc1N1CCC(C(=O)Nc2ccc(Br)cc2)CC1.